The van der Waals surface area contributed by atoms with E-state index in [9.17, 15) is 18.3 Å². The largest absolute Gasteiger partial charge is 0.392 e. The third kappa shape index (κ3) is 9.69. The molecule has 4 aromatic rings. The number of aryl methyl sites for hydroxylation is 1. The number of sulfonamides is 1. The van der Waals surface area contributed by atoms with Crippen LogP contribution in [0.5, 0.6) is 0 Å². The topological polar surface area (TPSA) is 126 Å². The van der Waals surface area contributed by atoms with E-state index in [1.165, 1.54) is 12.1 Å². The average molecular weight is 714 g/mol. The number of carbonyl (C=O) groups excluding carboxylic acids is 1. The molecule has 0 aliphatic carbocycles. The van der Waals surface area contributed by atoms with Gasteiger partial charge in [-0.3, -0.25) is 9.69 Å². The summed E-state index contributed by atoms with van der Waals surface area (Å²) in [5.41, 5.74) is 5.35. The summed E-state index contributed by atoms with van der Waals surface area (Å²) in [7, 11) is -3.95. The Kier molecular flexibility index (Phi) is 12.3. The van der Waals surface area contributed by atoms with Crippen molar-refractivity contribution < 1.29 is 32.5 Å². The Morgan fingerprint density at radius 3 is 2.16 bits per heavy atom. The predicted octanol–water partition coefficient (Wildman–Crippen LogP) is 4.82. The minimum Gasteiger partial charge on any atom is -0.392 e. The van der Waals surface area contributed by atoms with Crippen molar-refractivity contribution in [2.75, 3.05) is 32.8 Å². The van der Waals surface area contributed by atoms with Gasteiger partial charge in [0.1, 0.15) is 6.04 Å². The third-order valence-corrected chi connectivity index (χ3v) is 11.1. The molecule has 2 aliphatic heterocycles. The van der Waals surface area contributed by atoms with Gasteiger partial charge in [0, 0.05) is 37.7 Å². The number of amides is 1. The van der Waals surface area contributed by atoms with Crippen LogP contribution in [-0.2, 0) is 48.6 Å². The Hall–Kier alpha value is -3.94. The van der Waals surface area contributed by atoms with Gasteiger partial charge in [0.15, 0.2) is 6.29 Å². The van der Waals surface area contributed by atoms with E-state index in [2.05, 4.69) is 21.9 Å². The fraction of sp³-hybridized carbons (Fsp3) is 0.375. The van der Waals surface area contributed by atoms with Gasteiger partial charge < -0.3 is 24.6 Å². The van der Waals surface area contributed by atoms with Crippen LogP contribution in [0.3, 0.4) is 0 Å². The van der Waals surface area contributed by atoms with Gasteiger partial charge in [0.2, 0.25) is 15.9 Å². The van der Waals surface area contributed by atoms with Crippen LogP contribution in [-0.4, -0.2) is 69.3 Å². The van der Waals surface area contributed by atoms with Crippen molar-refractivity contribution in [2.24, 2.45) is 5.92 Å². The first kappa shape index (κ1) is 36.8. The molecule has 10 nitrogen and oxygen atoms in total. The molecule has 2 saturated heterocycles. The second-order valence-corrected chi connectivity index (χ2v) is 15.1. The quantitative estimate of drug-likeness (QED) is 0.180. The third-order valence-electron chi connectivity index (χ3n) is 9.61. The molecule has 0 radical (unpaired) electrons. The van der Waals surface area contributed by atoms with Crippen molar-refractivity contribution >= 4 is 15.9 Å². The van der Waals surface area contributed by atoms with E-state index < -0.39 is 28.3 Å². The SMILES string of the molecule is Cc1ccc(S(=O)(=O)N[C@H](Cc2ccccc2)C(=O)NCc2ccc([C@@H]3O[C@H](CN4CCOCC4)[C@H](C)[C@H](c4ccc(CO)cc4)O3)cc2)cc1. The molecular formula is C40H47N3O7S. The highest BCUT2D eigenvalue weighted by molar-refractivity contribution is 7.89. The number of benzene rings is 4. The molecule has 2 fully saturated rings. The van der Waals surface area contributed by atoms with Crippen LogP contribution < -0.4 is 10.0 Å². The Bertz CT molecular complexity index is 1820. The minimum absolute atomic E-state index is 0.0176. The normalized spacial score (nSPS) is 21.9. The lowest BCUT2D eigenvalue weighted by atomic mass is 9.90. The number of rotatable bonds is 13. The monoisotopic (exact) mass is 713 g/mol. The summed E-state index contributed by atoms with van der Waals surface area (Å²) < 4.78 is 48.0. The highest BCUT2D eigenvalue weighted by Gasteiger charge is 2.39. The molecule has 51 heavy (non-hydrogen) atoms. The smallest absolute Gasteiger partial charge is 0.241 e. The fourth-order valence-corrected chi connectivity index (χ4v) is 7.68. The summed E-state index contributed by atoms with van der Waals surface area (Å²) in [6.45, 7) is 8.11. The molecular weight excluding hydrogens is 667 g/mol. The molecule has 5 atom stereocenters. The van der Waals surface area contributed by atoms with Gasteiger partial charge in [-0.2, -0.15) is 4.72 Å². The molecule has 0 unspecified atom stereocenters. The van der Waals surface area contributed by atoms with E-state index in [1.54, 1.807) is 12.1 Å². The first-order chi connectivity index (χ1) is 24.7. The maximum Gasteiger partial charge on any atom is 0.241 e. The number of nitrogens with one attached hydrogen (secondary N) is 2. The van der Waals surface area contributed by atoms with Crippen LogP contribution in [0.15, 0.2) is 108 Å². The number of carbonyl (C=O) groups is 1. The molecule has 4 aromatic carbocycles. The Morgan fingerprint density at radius 1 is 0.843 bits per heavy atom. The Balaban J connectivity index is 1.14. The summed E-state index contributed by atoms with van der Waals surface area (Å²) in [6, 6.07) is 30.5. The van der Waals surface area contributed by atoms with Gasteiger partial charge in [-0.25, -0.2) is 8.42 Å². The molecule has 11 heteroatoms. The van der Waals surface area contributed by atoms with Crippen molar-refractivity contribution in [2.45, 2.75) is 62.9 Å². The summed E-state index contributed by atoms with van der Waals surface area (Å²) in [4.78, 5) is 16.0. The lowest BCUT2D eigenvalue weighted by Gasteiger charge is -2.43. The highest BCUT2D eigenvalue weighted by atomic mass is 32.2. The zero-order valence-electron chi connectivity index (χ0n) is 29.1. The van der Waals surface area contributed by atoms with E-state index in [0.29, 0.717) is 13.2 Å². The van der Waals surface area contributed by atoms with Crippen molar-refractivity contribution in [1.29, 1.82) is 0 Å². The lowest BCUT2D eigenvalue weighted by Crippen LogP contribution is -2.47. The van der Waals surface area contributed by atoms with Gasteiger partial charge in [-0.1, -0.05) is 103 Å². The summed E-state index contributed by atoms with van der Waals surface area (Å²) in [5.74, 6) is -0.349. The number of ether oxygens (including phenoxy) is 3. The molecule has 2 heterocycles. The molecule has 6 rings (SSSR count). The second kappa shape index (κ2) is 17.1. The maximum atomic E-state index is 13.5. The van der Waals surface area contributed by atoms with Crippen LogP contribution in [0.2, 0.25) is 0 Å². The van der Waals surface area contributed by atoms with E-state index in [-0.39, 0.29) is 42.6 Å². The average Bonchev–Trinajstić information content (AvgIpc) is 3.15. The summed E-state index contributed by atoms with van der Waals surface area (Å²) >= 11 is 0. The van der Waals surface area contributed by atoms with Crippen LogP contribution in [0.25, 0.3) is 0 Å². The predicted molar refractivity (Wildman–Crippen MR) is 194 cm³/mol. The van der Waals surface area contributed by atoms with Crippen molar-refractivity contribution in [3.05, 3.63) is 137 Å². The van der Waals surface area contributed by atoms with Gasteiger partial charge >= 0.3 is 0 Å². The van der Waals surface area contributed by atoms with Crippen LogP contribution in [0.1, 0.15) is 52.7 Å². The number of aliphatic hydroxyl groups excluding tert-OH is 1. The van der Waals surface area contributed by atoms with Crippen LogP contribution in [0, 0.1) is 12.8 Å². The maximum absolute atomic E-state index is 13.5. The number of nitrogens with zero attached hydrogens (tertiary/aromatic N) is 1. The van der Waals surface area contributed by atoms with Crippen LogP contribution >= 0.6 is 0 Å². The van der Waals surface area contributed by atoms with Gasteiger partial charge in [0.25, 0.3) is 0 Å². The molecule has 3 N–H and O–H groups in total. The van der Waals surface area contributed by atoms with Gasteiger partial charge in [0.05, 0.1) is 36.9 Å². The molecule has 270 valence electrons. The number of hydrogen-bond donors (Lipinski definition) is 3. The van der Waals surface area contributed by atoms with E-state index in [1.807, 2.05) is 85.8 Å². The van der Waals surface area contributed by atoms with Gasteiger partial charge in [-0.05, 0) is 47.7 Å². The number of morpholine rings is 1. The summed E-state index contributed by atoms with van der Waals surface area (Å²) in [5, 5.41) is 12.5. The standard InChI is InChI=1S/C40H47N3O7S/c1-28-8-18-35(19-9-28)51(46,47)42-36(24-30-6-4-3-5-7-30)39(45)41-25-31-10-16-34(17-11-31)40-49-37(26-43-20-22-48-23-21-43)29(2)38(50-40)33-14-12-32(27-44)13-15-33/h3-19,29,36-38,40,42,44H,20-27H2,1-2H3,(H,41,45)/t29-,36+,37+,38+,40+/m0/s1. The molecule has 0 aromatic heterocycles. The van der Waals surface area contributed by atoms with E-state index in [0.717, 1.165) is 53.0 Å². The minimum atomic E-state index is -3.95. The molecule has 0 saturated carbocycles. The van der Waals surface area contributed by atoms with Crippen LogP contribution in [0.4, 0.5) is 0 Å². The van der Waals surface area contributed by atoms with Crippen molar-refractivity contribution in [3.63, 3.8) is 0 Å². The fourth-order valence-electron chi connectivity index (χ4n) is 6.48. The first-order valence-electron chi connectivity index (χ1n) is 17.5. The number of aliphatic hydroxyl groups is 1. The van der Waals surface area contributed by atoms with Crippen molar-refractivity contribution in [1.82, 2.24) is 14.9 Å². The lowest BCUT2D eigenvalue weighted by molar-refractivity contribution is -0.277. The van der Waals surface area contributed by atoms with Crippen molar-refractivity contribution in [3.8, 4) is 0 Å². The molecule has 2 aliphatic rings. The molecule has 0 spiro atoms. The Morgan fingerprint density at radius 2 is 1.49 bits per heavy atom. The molecule has 0 bridgehead atoms. The van der Waals surface area contributed by atoms with E-state index in [4.69, 9.17) is 14.2 Å². The second-order valence-electron chi connectivity index (χ2n) is 13.4. The summed E-state index contributed by atoms with van der Waals surface area (Å²) in [6.07, 6.45) is -0.716. The number of hydrogen-bond acceptors (Lipinski definition) is 8. The first-order valence-corrected chi connectivity index (χ1v) is 19.0. The molecule has 1 amide bonds. The highest BCUT2D eigenvalue weighted by Crippen LogP contribution is 2.42. The van der Waals surface area contributed by atoms with Gasteiger partial charge in [-0.15, -0.1) is 0 Å². The Labute approximate surface area is 300 Å². The zero-order valence-corrected chi connectivity index (χ0v) is 29.9. The zero-order chi connectivity index (χ0) is 35.8. The van der Waals surface area contributed by atoms with E-state index >= 15 is 0 Å².